The molecule has 0 fully saturated rings. The number of esters is 2. The summed E-state index contributed by atoms with van der Waals surface area (Å²) in [5.41, 5.74) is 6.84. The second kappa shape index (κ2) is 5.16. The summed E-state index contributed by atoms with van der Waals surface area (Å²) >= 11 is 0. The van der Waals surface area contributed by atoms with Crippen molar-refractivity contribution in [1.29, 1.82) is 0 Å². The minimum atomic E-state index is -0.524. The maximum absolute atomic E-state index is 11.3. The van der Waals surface area contributed by atoms with Crippen LogP contribution in [0.3, 0.4) is 0 Å². The number of methoxy groups -OCH3 is 2. The molecule has 0 spiro atoms. The summed E-state index contributed by atoms with van der Waals surface area (Å²) < 4.78 is 9.09. The van der Waals surface area contributed by atoms with Crippen molar-refractivity contribution in [3.63, 3.8) is 0 Å². The lowest BCUT2D eigenvalue weighted by molar-refractivity contribution is -0.139. The predicted octanol–water partition coefficient (Wildman–Crippen LogP) is 0.771. The van der Waals surface area contributed by atoms with Crippen LogP contribution in [0.25, 0.3) is 0 Å². The van der Waals surface area contributed by atoms with Gasteiger partial charge < -0.3 is 15.2 Å². The van der Waals surface area contributed by atoms with Crippen molar-refractivity contribution >= 4 is 17.6 Å². The van der Waals surface area contributed by atoms with Gasteiger partial charge >= 0.3 is 11.9 Å². The molecule has 5 nitrogen and oxygen atoms in total. The van der Waals surface area contributed by atoms with Crippen molar-refractivity contribution in [3.8, 4) is 0 Å². The Morgan fingerprint density at radius 2 is 1.94 bits per heavy atom. The Morgan fingerprint density at radius 1 is 1.25 bits per heavy atom. The lowest BCUT2D eigenvalue weighted by atomic mass is 10.1. The number of nitrogen functional groups attached to an aromatic ring is 1. The van der Waals surface area contributed by atoms with Crippen molar-refractivity contribution in [2.45, 2.75) is 6.42 Å². The number of hydrogen-bond acceptors (Lipinski definition) is 5. The van der Waals surface area contributed by atoms with E-state index < -0.39 is 5.97 Å². The minimum Gasteiger partial charge on any atom is -0.469 e. The van der Waals surface area contributed by atoms with E-state index in [4.69, 9.17) is 5.73 Å². The zero-order valence-electron chi connectivity index (χ0n) is 9.15. The second-order valence-corrected chi connectivity index (χ2v) is 3.17. The lowest BCUT2D eigenvalue weighted by Gasteiger charge is -2.06. The van der Waals surface area contributed by atoms with Crippen LogP contribution in [0.2, 0.25) is 0 Å². The Labute approximate surface area is 93.1 Å². The Hall–Kier alpha value is -2.04. The molecule has 0 aliphatic rings. The SMILES string of the molecule is COC(=O)Cc1ccc(N)c(C(=O)OC)c1. The Balaban J connectivity index is 2.98. The molecule has 0 saturated carbocycles. The van der Waals surface area contributed by atoms with Crippen LogP contribution in [0.4, 0.5) is 5.69 Å². The summed E-state index contributed by atoms with van der Waals surface area (Å²) in [7, 11) is 2.58. The quantitative estimate of drug-likeness (QED) is 0.604. The van der Waals surface area contributed by atoms with Crippen LogP contribution in [-0.2, 0) is 20.7 Å². The van der Waals surface area contributed by atoms with Crippen molar-refractivity contribution in [2.24, 2.45) is 0 Å². The summed E-state index contributed by atoms with van der Waals surface area (Å²) in [4.78, 5) is 22.4. The van der Waals surface area contributed by atoms with Gasteiger partial charge in [0.2, 0.25) is 0 Å². The van der Waals surface area contributed by atoms with Crippen LogP contribution in [-0.4, -0.2) is 26.2 Å². The molecule has 2 N–H and O–H groups in total. The number of carbonyl (C=O) groups is 2. The third-order valence-corrected chi connectivity index (χ3v) is 2.10. The van der Waals surface area contributed by atoms with Crippen LogP contribution >= 0.6 is 0 Å². The molecule has 1 aromatic rings. The van der Waals surface area contributed by atoms with E-state index >= 15 is 0 Å². The Bertz CT molecular complexity index is 414. The first-order chi connectivity index (χ1) is 7.58. The van der Waals surface area contributed by atoms with Gasteiger partial charge in [0.1, 0.15) is 0 Å². The van der Waals surface area contributed by atoms with Crippen LogP contribution in [0.5, 0.6) is 0 Å². The molecule has 1 aromatic carbocycles. The molecule has 0 bridgehead atoms. The zero-order valence-corrected chi connectivity index (χ0v) is 9.15. The van der Waals surface area contributed by atoms with Gasteiger partial charge in [-0.1, -0.05) is 6.07 Å². The van der Waals surface area contributed by atoms with Crippen LogP contribution < -0.4 is 5.73 Å². The monoisotopic (exact) mass is 223 g/mol. The number of anilines is 1. The van der Waals surface area contributed by atoms with Crippen LogP contribution in [0.15, 0.2) is 18.2 Å². The van der Waals surface area contributed by atoms with E-state index in [9.17, 15) is 9.59 Å². The minimum absolute atomic E-state index is 0.0980. The van der Waals surface area contributed by atoms with Crippen LogP contribution in [0, 0.1) is 0 Å². The molecule has 0 amide bonds. The van der Waals surface area contributed by atoms with Gasteiger partial charge in [-0.2, -0.15) is 0 Å². The lowest BCUT2D eigenvalue weighted by Crippen LogP contribution is -2.09. The first kappa shape index (κ1) is 12.0. The topological polar surface area (TPSA) is 78.6 Å². The Morgan fingerprint density at radius 3 is 2.50 bits per heavy atom. The highest BCUT2D eigenvalue weighted by molar-refractivity contribution is 5.95. The highest BCUT2D eigenvalue weighted by atomic mass is 16.5. The molecule has 5 heteroatoms. The molecule has 0 heterocycles. The number of hydrogen-bond donors (Lipinski definition) is 1. The van der Waals surface area contributed by atoms with Crippen molar-refractivity contribution < 1.29 is 19.1 Å². The zero-order chi connectivity index (χ0) is 12.1. The number of nitrogens with two attached hydrogens (primary N) is 1. The number of benzene rings is 1. The van der Waals surface area contributed by atoms with Gasteiger partial charge in [0.15, 0.2) is 0 Å². The fourth-order valence-corrected chi connectivity index (χ4v) is 1.24. The highest BCUT2D eigenvalue weighted by Gasteiger charge is 2.12. The average molecular weight is 223 g/mol. The predicted molar refractivity (Wildman–Crippen MR) is 57.9 cm³/mol. The molecule has 0 aliphatic heterocycles. The summed E-state index contributed by atoms with van der Waals surface area (Å²) in [6, 6.07) is 4.75. The first-order valence-electron chi connectivity index (χ1n) is 4.62. The van der Waals surface area contributed by atoms with E-state index in [2.05, 4.69) is 9.47 Å². The second-order valence-electron chi connectivity index (χ2n) is 3.17. The van der Waals surface area contributed by atoms with E-state index in [1.807, 2.05) is 0 Å². The molecule has 0 aromatic heterocycles. The summed E-state index contributed by atoms with van der Waals surface area (Å²) in [5.74, 6) is -0.898. The molecule has 0 radical (unpaired) electrons. The summed E-state index contributed by atoms with van der Waals surface area (Å²) in [5, 5.41) is 0. The van der Waals surface area contributed by atoms with E-state index in [0.29, 0.717) is 11.3 Å². The van der Waals surface area contributed by atoms with Crippen LogP contribution in [0.1, 0.15) is 15.9 Å². The van der Waals surface area contributed by atoms with E-state index in [0.717, 1.165) is 0 Å². The van der Waals surface area contributed by atoms with Gasteiger partial charge in [-0.3, -0.25) is 4.79 Å². The normalized spacial score (nSPS) is 9.62. The number of rotatable bonds is 3. The van der Waals surface area contributed by atoms with Crippen molar-refractivity contribution in [2.75, 3.05) is 20.0 Å². The van der Waals surface area contributed by atoms with E-state index in [1.165, 1.54) is 20.3 Å². The van der Waals surface area contributed by atoms with Gasteiger partial charge in [-0.25, -0.2) is 4.79 Å². The van der Waals surface area contributed by atoms with E-state index in [-0.39, 0.29) is 18.0 Å². The van der Waals surface area contributed by atoms with Crippen molar-refractivity contribution in [3.05, 3.63) is 29.3 Å². The summed E-state index contributed by atoms with van der Waals surface area (Å²) in [6.07, 6.45) is 0.0980. The van der Waals surface area contributed by atoms with Gasteiger partial charge in [0.25, 0.3) is 0 Å². The maximum Gasteiger partial charge on any atom is 0.339 e. The molecule has 0 unspecified atom stereocenters. The number of carbonyl (C=O) groups excluding carboxylic acids is 2. The Kier molecular flexibility index (Phi) is 3.88. The van der Waals surface area contributed by atoms with Crippen molar-refractivity contribution in [1.82, 2.24) is 0 Å². The summed E-state index contributed by atoms with van der Waals surface area (Å²) in [6.45, 7) is 0. The molecule has 0 saturated heterocycles. The fraction of sp³-hybridized carbons (Fsp3) is 0.273. The molecule has 0 aliphatic carbocycles. The smallest absolute Gasteiger partial charge is 0.339 e. The van der Waals surface area contributed by atoms with Gasteiger partial charge in [-0.05, 0) is 17.7 Å². The molecule has 16 heavy (non-hydrogen) atoms. The van der Waals surface area contributed by atoms with Gasteiger partial charge in [0.05, 0.1) is 26.2 Å². The highest BCUT2D eigenvalue weighted by Crippen LogP contribution is 2.15. The van der Waals surface area contributed by atoms with Gasteiger partial charge in [-0.15, -0.1) is 0 Å². The van der Waals surface area contributed by atoms with Gasteiger partial charge in [0, 0.05) is 5.69 Å². The standard InChI is InChI=1S/C11H13NO4/c1-15-10(13)6-7-3-4-9(12)8(5-7)11(14)16-2/h3-5H,6,12H2,1-2H3. The average Bonchev–Trinajstić information content (AvgIpc) is 2.30. The fourth-order valence-electron chi connectivity index (χ4n) is 1.24. The third-order valence-electron chi connectivity index (χ3n) is 2.10. The number of ether oxygens (including phenoxy) is 2. The molecule has 1 rings (SSSR count). The largest absolute Gasteiger partial charge is 0.469 e. The first-order valence-corrected chi connectivity index (χ1v) is 4.62. The molecular weight excluding hydrogens is 210 g/mol. The third kappa shape index (κ3) is 2.73. The van der Waals surface area contributed by atoms with E-state index in [1.54, 1.807) is 12.1 Å². The molecule has 0 atom stereocenters. The molecule has 86 valence electrons. The molecular formula is C11H13NO4. The maximum atomic E-state index is 11.3.